The quantitative estimate of drug-likeness (QED) is 0.583. The molecule has 102 valence electrons. The summed E-state index contributed by atoms with van der Waals surface area (Å²) in [4.78, 5) is 11.4. The van der Waals surface area contributed by atoms with Crippen molar-refractivity contribution in [2.24, 2.45) is 23.2 Å². The standard InChI is InChI=1S/C15H24O3/c1-9(2)11-4-5-15(7-11)10(3)14(18)13(17)6-12(15)8-16/h8,10-14,17-18H,1,4-7H2,2-3H3/t10-,11+,12-,13-,14-,15+/m1/s1. The Morgan fingerprint density at radius 1 is 1.44 bits per heavy atom. The zero-order valence-corrected chi connectivity index (χ0v) is 11.3. The van der Waals surface area contributed by atoms with E-state index >= 15 is 0 Å². The van der Waals surface area contributed by atoms with E-state index in [-0.39, 0.29) is 17.3 Å². The summed E-state index contributed by atoms with van der Waals surface area (Å²) in [5.41, 5.74) is 1.04. The maximum atomic E-state index is 11.4. The fourth-order valence-electron chi connectivity index (χ4n) is 4.11. The van der Waals surface area contributed by atoms with Gasteiger partial charge in [-0.2, -0.15) is 0 Å². The third-order valence-electron chi connectivity index (χ3n) is 5.49. The molecule has 3 nitrogen and oxygen atoms in total. The molecule has 2 aliphatic rings. The topological polar surface area (TPSA) is 57.5 Å². The van der Waals surface area contributed by atoms with Gasteiger partial charge in [0.1, 0.15) is 6.29 Å². The maximum absolute atomic E-state index is 11.4. The minimum absolute atomic E-state index is 0.0270. The first kappa shape index (κ1) is 13.8. The second kappa shape index (κ2) is 4.78. The molecule has 0 saturated heterocycles. The molecular weight excluding hydrogens is 228 g/mol. The van der Waals surface area contributed by atoms with Gasteiger partial charge in [0.15, 0.2) is 0 Å². The molecule has 0 aromatic heterocycles. The molecule has 2 fully saturated rings. The molecule has 0 aromatic rings. The first-order valence-corrected chi connectivity index (χ1v) is 6.89. The Kier molecular flexibility index (Phi) is 3.65. The lowest BCUT2D eigenvalue weighted by molar-refractivity contribution is -0.142. The SMILES string of the molecule is C=C(C)[C@H]1CC[C@]2(C1)[C@H](C)[C@@H](O)[C@H](O)C[C@@H]2C=O. The molecule has 0 amide bonds. The average molecular weight is 252 g/mol. The lowest BCUT2D eigenvalue weighted by Gasteiger charge is -2.48. The predicted molar refractivity (Wildman–Crippen MR) is 69.9 cm³/mol. The van der Waals surface area contributed by atoms with E-state index in [9.17, 15) is 15.0 Å². The van der Waals surface area contributed by atoms with Crippen LogP contribution in [0.25, 0.3) is 0 Å². The van der Waals surface area contributed by atoms with Crippen LogP contribution in [-0.4, -0.2) is 28.7 Å². The molecule has 2 aliphatic carbocycles. The summed E-state index contributed by atoms with van der Waals surface area (Å²) >= 11 is 0. The van der Waals surface area contributed by atoms with Crippen LogP contribution in [0, 0.1) is 23.2 Å². The molecule has 2 rings (SSSR count). The number of carbonyl (C=O) groups is 1. The molecule has 0 bridgehead atoms. The van der Waals surface area contributed by atoms with Crippen molar-refractivity contribution in [3.8, 4) is 0 Å². The van der Waals surface area contributed by atoms with Gasteiger partial charge >= 0.3 is 0 Å². The van der Waals surface area contributed by atoms with Gasteiger partial charge in [0, 0.05) is 5.92 Å². The van der Waals surface area contributed by atoms with Crippen molar-refractivity contribution in [1.29, 1.82) is 0 Å². The lowest BCUT2D eigenvalue weighted by atomic mass is 9.58. The Morgan fingerprint density at radius 2 is 2.11 bits per heavy atom. The van der Waals surface area contributed by atoms with E-state index in [0.29, 0.717) is 12.3 Å². The maximum Gasteiger partial charge on any atom is 0.123 e. The molecule has 3 heteroatoms. The van der Waals surface area contributed by atoms with Gasteiger partial charge in [-0.3, -0.25) is 0 Å². The fraction of sp³-hybridized carbons (Fsp3) is 0.800. The van der Waals surface area contributed by atoms with Crippen molar-refractivity contribution in [3.63, 3.8) is 0 Å². The van der Waals surface area contributed by atoms with Gasteiger partial charge in [-0.05, 0) is 49.9 Å². The number of aliphatic hydroxyl groups excluding tert-OH is 2. The monoisotopic (exact) mass is 252 g/mol. The van der Waals surface area contributed by atoms with Crippen LogP contribution < -0.4 is 0 Å². The zero-order valence-electron chi connectivity index (χ0n) is 11.3. The van der Waals surface area contributed by atoms with E-state index in [4.69, 9.17) is 0 Å². The molecule has 0 aliphatic heterocycles. The van der Waals surface area contributed by atoms with Crippen molar-refractivity contribution in [2.75, 3.05) is 0 Å². The minimum Gasteiger partial charge on any atom is -0.390 e. The van der Waals surface area contributed by atoms with E-state index in [1.54, 1.807) is 0 Å². The molecular formula is C15H24O3. The van der Waals surface area contributed by atoms with Gasteiger partial charge in [0.25, 0.3) is 0 Å². The van der Waals surface area contributed by atoms with Crippen molar-refractivity contribution >= 4 is 6.29 Å². The molecule has 0 radical (unpaired) electrons. The van der Waals surface area contributed by atoms with Crippen molar-refractivity contribution in [2.45, 2.75) is 51.7 Å². The molecule has 2 saturated carbocycles. The second-order valence-corrected chi connectivity index (χ2v) is 6.34. The average Bonchev–Trinajstić information content (AvgIpc) is 2.78. The molecule has 18 heavy (non-hydrogen) atoms. The number of hydrogen-bond donors (Lipinski definition) is 2. The van der Waals surface area contributed by atoms with Crippen LogP contribution in [0.1, 0.15) is 39.5 Å². The summed E-state index contributed by atoms with van der Waals surface area (Å²) in [6.45, 7) is 8.04. The van der Waals surface area contributed by atoms with Crippen LogP contribution in [0.2, 0.25) is 0 Å². The third-order valence-corrected chi connectivity index (χ3v) is 5.49. The fourth-order valence-corrected chi connectivity index (χ4v) is 4.11. The zero-order chi connectivity index (χ0) is 13.5. The van der Waals surface area contributed by atoms with Crippen molar-refractivity contribution in [3.05, 3.63) is 12.2 Å². The smallest absolute Gasteiger partial charge is 0.123 e. The van der Waals surface area contributed by atoms with Crippen LogP contribution in [0.15, 0.2) is 12.2 Å². The minimum atomic E-state index is -0.760. The largest absolute Gasteiger partial charge is 0.390 e. The highest BCUT2D eigenvalue weighted by molar-refractivity contribution is 5.56. The summed E-state index contributed by atoms with van der Waals surface area (Å²) < 4.78 is 0. The molecule has 0 unspecified atom stereocenters. The molecule has 0 aromatic carbocycles. The number of carbonyl (C=O) groups excluding carboxylic acids is 1. The van der Waals surface area contributed by atoms with Crippen molar-refractivity contribution < 1.29 is 15.0 Å². The van der Waals surface area contributed by atoms with Gasteiger partial charge in [-0.1, -0.05) is 19.1 Å². The van der Waals surface area contributed by atoms with Crippen molar-refractivity contribution in [1.82, 2.24) is 0 Å². The highest BCUT2D eigenvalue weighted by Gasteiger charge is 2.55. The number of allylic oxidation sites excluding steroid dienone is 1. The second-order valence-electron chi connectivity index (χ2n) is 6.34. The number of rotatable bonds is 2. The highest BCUT2D eigenvalue weighted by atomic mass is 16.3. The van der Waals surface area contributed by atoms with Gasteiger partial charge in [0.2, 0.25) is 0 Å². The summed E-state index contributed by atoms with van der Waals surface area (Å²) in [6.07, 6.45) is 2.86. The lowest BCUT2D eigenvalue weighted by Crippen LogP contribution is -2.52. The van der Waals surface area contributed by atoms with Crippen LogP contribution in [0.5, 0.6) is 0 Å². The normalized spacial score (nSPS) is 48.3. The Hall–Kier alpha value is -0.670. The van der Waals surface area contributed by atoms with E-state index in [2.05, 4.69) is 6.58 Å². The predicted octanol–water partition coefficient (Wildman–Crippen LogP) is 1.93. The number of hydrogen-bond acceptors (Lipinski definition) is 3. The molecule has 1 spiro atoms. The summed E-state index contributed by atoms with van der Waals surface area (Å²) in [6, 6.07) is 0. The van der Waals surface area contributed by atoms with E-state index < -0.39 is 12.2 Å². The highest BCUT2D eigenvalue weighted by Crippen LogP contribution is 2.57. The molecule has 0 heterocycles. The van der Waals surface area contributed by atoms with Gasteiger partial charge in [-0.15, -0.1) is 0 Å². The summed E-state index contributed by atoms with van der Waals surface area (Å²) in [5, 5.41) is 20.0. The Bertz CT molecular complexity index is 352. The Morgan fingerprint density at radius 3 is 2.61 bits per heavy atom. The summed E-state index contributed by atoms with van der Waals surface area (Å²) in [7, 11) is 0. The van der Waals surface area contributed by atoms with Crippen LogP contribution in [0.3, 0.4) is 0 Å². The first-order chi connectivity index (χ1) is 8.42. The van der Waals surface area contributed by atoms with E-state index in [0.717, 1.165) is 25.5 Å². The van der Waals surface area contributed by atoms with Crippen LogP contribution >= 0.6 is 0 Å². The first-order valence-electron chi connectivity index (χ1n) is 6.89. The number of aldehydes is 1. The third kappa shape index (κ3) is 1.94. The Balaban J connectivity index is 2.28. The van der Waals surface area contributed by atoms with Gasteiger partial charge in [0.05, 0.1) is 12.2 Å². The van der Waals surface area contributed by atoms with Crippen LogP contribution in [0.4, 0.5) is 0 Å². The Labute approximate surface area is 109 Å². The van der Waals surface area contributed by atoms with E-state index in [1.165, 1.54) is 5.57 Å². The molecule has 6 atom stereocenters. The van der Waals surface area contributed by atoms with E-state index in [1.807, 2.05) is 13.8 Å². The van der Waals surface area contributed by atoms with Crippen LogP contribution in [-0.2, 0) is 4.79 Å². The molecule has 2 N–H and O–H groups in total. The summed E-state index contributed by atoms with van der Waals surface area (Å²) in [5.74, 6) is 0.299. The number of aliphatic hydroxyl groups is 2. The van der Waals surface area contributed by atoms with Gasteiger partial charge < -0.3 is 15.0 Å². The van der Waals surface area contributed by atoms with Gasteiger partial charge in [-0.25, -0.2) is 0 Å².